The Morgan fingerprint density at radius 3 is 2.24 bits per heavy atom. The molecular formula is C26H36N6O5. The predicted octanol–water partition coefficient (Wildman–Crippen LogP) is 0.532. The van der Waals surface area contributed by atoms with Gasteiger partial charge in [-0.1, -0.05) is 44.2 Å². The van der Waals surface area contributed by atoms with Crippen LogP contribution in [-0.2, 0) is 32.0 Å². The van der Waals surface area contributed by atoms with Gasteiger partial charge in [0.25, 0.3) is 0 Å². The van der Waals surface area contributed by atoms with Crippen LogP contribution in [0.3, 0.4) is 0 Å². The van der Waals surface area contributed by atoms with E-state index in [1.54, 1.807) is 6.20 Å². The number of nitrogens with zero attached hydrogens (tertiary/aromatic N) is 1. The molecule has 37 heavy (non-hydrogen) atoms. The normalized spacial score (nSPS) is 17.5. The number of hydrogen-bond donors (Lipinski definition) is 6. The molecule has 0 radical (unpaired) electrons. The van der Waals surface area contributed by atoms with E-state index in [9.17, 15) is 24.3 Å². The maximum atomic E-state index is 13.5. The standard InChI is InChI=1S/C26H36N6O5/c1-16(2)11-22(26(36)37)32-25(35)21(13-18-14-27-15-29-18)31-24(34)20(12-17-7-4-3-5-8-17)30-23(33)19-9-6-10-28-19/h3-5,7-8,14-16,19-22,28H,6,9-13H2,1-2H3,(H,27,29)(H,30,33)(H,31,34)(H,32,35)(H,36,37)/t19-,20-,21-,22-/m0/s1. The molecule has 1 aromatic heterocycles. The van der Waals surface area contributed by atoms with Gasteiger partial charge in [0.05, 0.1) is 18.1 Å². The van der Waals surface area contributed by atoms with Gasteiger partial charge in [-0.3, -0.25) is 14.4 Å². The van der Waals surface area contributed by atoms with Gasteiger partial charge in [-0.15, -0.1) is 0 Å². The molecule has 3 amide bonds. The number of carboxylic acid groups (broad SMARTS) is 1. The molecule has 0 aliphatic carbocycles. The third-order valence-corrected chi connectivity index (χ3v) is 6.22. The number of carbonyl (C=O) groups is 4. The fourth-order valence-electron chi connectivity index (χ4n) is 4.30. The van der Waals surface area contributed by atoms with E-state index in [0.717, 1.165) is 18.5 Å². The maximum Gasteiger partial charge on any atom is 0.326 e. The highest BCUT2D eigenvalue weighted by Crippen LogP contribution is 2.10. The largest absolute Gasteiger partial charge is 0.480 e. The van der Waals surface area contributed by atoms with E-state index in [2.05, 4.69) is 31.2 Å². The van der Waals surface area contributed by atoms with Gasteiger partial charge in [0.1, 0.15) is 18.1 Å². The number of hydrogen-bond acceptors (Lipinski definition) is 6. The van der Waals surface area contributed by atoms with Crippen molar-refractivity contribution in [1.29, 1.82) is 0 Å². The van der Waals surface area contributed by atoms with Crippen molar-refractivity contribution in [2.45, 2.75) is 70.1 Å². The van der Waals surface area contributed by atoms with Crippen LogP contribution in [0.15, 0.2) is 42.9 Å². The molecule has 1 saturated heterocycles. The number of carbonyl (C=O) groups excluding carboxylic acids is 3. The van der Waals surface area contributed by atoms with Crippen LogP contribution in [0, 0.1) is 5.92 Å². The van der Waals surface area contributed by atoms with Gasteiger partial charge >= 0.3 is 5.97 Å². The molecule has 0 bridgehead atoms. The summed E-state index contributed by atoms with van der Waals surface area (Å²) in [5.41, 5.74) is 1.37. The monoisotopic (exact) mass is 512 g/mol. The molecule has 1 aliphatic rings. The summed E-state index contributed by atoms with van der Waals surface area (Å²) in [4.78, 5) is 58.2. The highest BCUT2D eigenvalue weighted by molar-refractivity contribution is 5.94. The summed E-state index contributed by atoms with van der Waals surface area (Å²) in [6.45, 7) is 4.46. The SMILES string of the molecule is CC(C)C[C@H](NC(=O)[C@H](Cc1c[nH]cn1)NC(=O)[C@H](Cc1ccccc1)NC(=O)[C@@H]1CCCN1)C(=O)O. The lowest BCUT2D eigenvalue weighted by Gasteiger charge is -2.25. The summed E-state index contributed by atoms with van der Waals surface area (Å²) < 4.78 is 0. The molecule has 3 rings (SSSR count). The van der Waals surface area contributed by atoms with Crippen molar-refractivity contribution in [2.24, 2.45) is 5.92 Å². The highest BCUT2D eigenvalue weighted by Gasteiger charge is 2.32. The van der Waals surface area contributed by atoms with Crippen LogP contribution >= 0.6 is 0 Å². The smallest absolute Gasteiger partial charge is 0.326 e. The molecule has 11 nitrogen and oxygen atoms in total. The first-order valence-electron chi connectivity index (χ1n) is 12.6. The summed E-state index contributed by atoms with van der Waals surface area (Å²) in [5.74, 6) is -2.56. The first kappa shape index (κ1) is 27.9. The number of nitrogens with one attached hydrogen (secondary N) is 5. The minimum atomic E-state index is -1.15. The molecular weight excluding hydrogens is 476 g/mol. The van der Waals surface area contributed by atoms with Crippen molar-refractivity contribution in [3.8, 4) is 0 Å². The van der Waals surface area contributed by atoms with Crippen molar-refractivity contribution in [3.63, 3.8) is 0 Å². The molecule has 2 heterocycles. The molecule has 6 N–H and O–H groups in total. The summed E-state index contributed by atoms with van der Waals surface area (Å²) in [6, 6.07) is 5.77. The molecule has 0 unspecified atom stereocenters. The minimum Gasteiger partial charge on any atom is -0.480 e. The number of rotatable bonds is 13. The van der Waals surface area contributed by atoms with E-state index < -0.39 is 35.9 Å². The number of aromatic amines is 1. The lowest BCUT2D eigenvalue weighted by molar-refractivity contribution is -0.142. The first-order chi connectivity index (χ1) is 17.7. The van der Waals surface area contributed by atoms with Crippen LogP contribution in [0.5, 0.6) is 0 Å². The van der Waals surface area contributed by atoms with E-state index in [0.29, 0.717) is 12.1 Å². The average Bonchev–Trinajstić information content (AvgIpc) is 3.57. The Labute approximate surface area is 216 Å². The number of carboxylic acids is 1. The predicted molar refractivity (Wildman–Crippen MR) is 136 cm³/mol. The number of imidazole rings is 1. The van der Waals surface area contributed by atoms with Crippen LogP contribution in [-0.4, -0.2) is 69.5 Å². The molecule has 1 fully saturated rings. The maximum absolute atomic E-state index is 13.5. The van der Waals surface area contributed by atoms with Crippen molar-refractivity contribution in [1.82, 2.24) is 31.2 Å². The first-order valence-corrected chi connectivity index (χ1v) is 12.6. The van der Waals surface area contributed by atoms with E-state index in [1.807, 2.05) is 44.2 Å². The minimum absolute atomic E-state index is 0.0374. The Bertz CT molecular complexity index is 1040. The Balaban J connectivity index is 1.78. The van der Waals surface area contributed by atoms with Crippen LogP contribution < -0.4 is 21.3 Å². The lowest BCUT2D eigenvalue weighted by atomic mass is 10.0. The molecule has 0 saturated carbocycles. The number of amides is 3. The lowest BCUT2D eigenvalue weighted by Crippen LogP contribution is -2.58. The average molecular weight is 513 g/mol. The third kappa shape index (κ3) is 8.71. The topological polar surface area (TPSA) is 165 Å². The zero-order chi connectivity index (χ0) is 26.8. The van der Waals surface area contributed by atoms with E-state index in [-0.39, 0.29) is 37.1 Å². The van der Waals surface area contributed by atoms with Gasteiger partial charge in [0, 0.05) is 19.0 Å². The molecule has 0 spiro atoms. The molecule has 1 aliphatic heterocycles. The van der Waals surface area contributed by atoms with Crippen LogP contribution in [0.25, 0.3) is 0 Å². The second kappa shape index (κ2) is 13.5. The van der Waals surface area contributed by atoms with Gasteiger partial charge in [-0.25, -0.2) is 9.78 Å². The Morgan fingerprint density at radius 2 is 1.68 bits per heavy atom. The Kier molecular flexibility index (Phi) is 10.2. The van der Waals surface area contributed by atoms with Gasteiger partial charge in [0.2, 0.25) is 17.7 Å². The molecule has 200 valence electrons. The fraction of sp³-hybridized carbons (Fsp3) is 0.500. The zero-order valence-corrected chi connectivity index (χ0v) is 21.2. The van der Waals surface area contributed by atoms with Gasteiger partial charge < -0.3 is 31.4 Å². The van der Waals surface area contributed by atoms with E-state index in [4.69, 9.17) is 0 Å². The fourth-order valence-corrected chi connectivity index (χ4v) is 4.30. The van der Waals surface area contributed by atoms with Crippen LogP contribution in [0.2, 0.25) is 0 Å². The number of H-pyrrole nitrogens is 1. The number of aromatic nitrogens is 2. The van der Waals surface area contributed by atoms with Crippen LogP contribution in [0.1, 0.15) is 44.4 Å². The van der Waals surface area contributed by atoms with Crippen molar-refractivity contribution < 1.29 is 24.3 Å². The van der Waals surface area contributed by atoms with Crippen molar-refractivity contribution in [3.05, 3.63) is 54.1 Å². The molecule has 11 heteroatoms. The summed E-state index contributed by atoms with van der Waals surface area (Å²) in [7, 11) is 0. The van der Waals surface area contributed by atoms with E-state index >= 15 is 0 Å². The Hall–Kier alpha value is -3.73. The summed E-state index contributed by atoms with van der Waals surface area (Å²) >= 11 is 0. The molecule has 4 atom stereocenters. The molecule has 1 aromatic carbocycles. The molecule has 2 aromatic rings. The van der Waals surface area contributed by atoms with Gasteiger partial charge in [0.15, 0.2) is 0 Å². The third-order valence-electron chi connectivity index (χ3n) is 6.22. The second-order valence-electron chi connectivity index (χ2n) is 9.75. The summed E-state index contributed by atoms with van der Waals surface area (Å²) in [5, 5.41) is 20.8. The van der Waals surface area contributed by atoms with Crippen molar-refractivity contribution in [2.75, 3.05) is 6.54 Å². The quantitative estimate of drug-likeness (QED) is 0.228. The van der Waals surface area contributed by atoms with Gasteiger partial charge in [-0.2, -0.15) is 0 Å². The Morgan fingerprint density at radius 1 is 1.00 bits per heavy atom. The van der Waals surface area contributed by atoms with E-state index in [1.165, 1.54) is 6.33 Å². The highest BCUT2D eigenvalue weighted by atomic mass is 16.4. The zero-order valence-electron chi connectivity index (χ0n) is 21.2. The van der Waals surface area contributed by atoms with Gasteiger partial charge in [-0.05, 0) is 37.3 Å². The number of aliphatic carboxylic acids is 1. The second-order valence-corrected chi connectivity index (χ2v) is 9.75. The number of benzene rings is 1. The van der Waals surface area contributed by atoms with Crippen molar-refractivity contribution >= 4 is 23.7 Å². The summed E-state index contributed by atoms with van der Waals surface area (Å²) in [6.07, 6.45) is 5.13. The van der Waals surface area contributed by atoms with Crippen LogP contribution in [0.4, 0.5) is 0 Å².